The number of nitrogens with one attached hydrogen (secondary N) is 1. The van der Waals surface area contributed by atoms with Crippen molar-refractivity contribution in [2.24, 2.45) is 0 Å². The van der Waals surface area contributed by atoms with Gasteiger partial charge in [-0.3, -0.25) is 14.5 Å². The summed E-state index contributed by atoms with van der Waals surface area (Å²) < 4.78 is 42.6. The molecule has 172 valence electrons. The van der Waals surface area contributed by atoms with Crippen molar-refractivity contribution in [3.8, 4) is 11.1 Å². The third-order valence-electron chi connectivity index (χ3n) is 5.34. The first-order chi connectivity index (χ1) is 16.4. The van der Waals surface area contributed by atoms with Gasteiger partial charge in [0.2, 0.25) is 0 Å². The molecule has 4 aromatic rings. The van der Waals surface area contributed by atoms with Crippen LogP contribution < -0.4 is 4.72 Å². The minimum Gasteiger partial charge on any atom is -0.299 e. The molecule has 1 heterocycles. The summed E-state index contributed by atoms with van der Waals surface area (Å²) in [6, 6.07) is 22.9. The number of rotatable bonds is 9. The van der Waals surface area contributed by atoms with E-state index in [0.29, 0.717) is 24.1 Å². The van der Waals surface area contributed by atoms with Crippen molar-refractivity contribution in [2.75, 3.05) is 4.72 Å². The summed E-state index contributed by atoms with van der Waals surface area (Å²) in [5.41, 5.74) is 3.04. The van der Waals surface area contributed by atoms with Crippen molar-refractivity contribution in [3.63, 3.8) is 0 Å². The number of hydrogen-bond acceptors (Lipinski definition) is 4. The Morgan fingerprint density at radius 2 is 1.65 bits per heavy atom. The molecule has 7 heteroatoms. The molecule has 0 spiro atoms. The molecule has 0 radical (unpaired) electrons. The number of hydrogen-bond donors (Lipinski definition) is 1. The number of ketones is 1. The summed E-state index contributed by atoms with van der Waals surface area (Å²) in [7, 11) is -3.97. The fourth-order valence-corrected chi connectivity index (χ4v) is 4.90. The van der Waals surface area contributed by atoms with Crippen LogP contribution in [0.2, 0.25) is 0 Å². The molecule has 0 amide bonds. The quantitative estimate of drug-likeness (QED) is 0.351. The molecule has 34 heavy (non-hydrogen) atoms. The predicted octanol–water partition coefficient (Wildman–Crippen LogP) is 5.43. The smallest absolute Gasteiger partial charge is 0.262 e. The molecule has 0 aliphatic carbocycles. The number of carbonyl (C=O) groups excluding carboxylic acids is 1. The van der Waals surface area contributed by atoms with Crippen LogP contribution >= 0.6 is 0 Å². The lowest BCUT2D eigenvalue weighted by Crippen LogP contribution is -2.14. The molecule has 0 unspecified atom stereocenters. The van der Waals surface area contributed by atoms with E-state index in [1.807, 2.05) is 12.1 Å². The van der Waals surface area contributed by atoms with E-state index in [4.69, 9.17) is 0 Å². The number of aromatic nitrogens is 1. The van der Waals surface area contributed by atoms with Crippen LogP contribution in [0.1, 0.15) is 17.5 Å². The summed E-state index contributed by atoms with van der Waals surface area (Å²) in [5, 5.41) is 0. The van der Waals surface area contributed by atoms with Gasteiger partial charge in [0, 0.05) is 36.5 Å². The molecule has 1 aromatic heterocycles. The van der Waals surface area contributed by atoms with Crippen molar-refractivity contribution >= 4 is 21.5 Å². The standard InChI is InChI=1S/C27H23FN2O3S/c28-23-11-15-27(26(18-23)22-6-2-1-3-7-22)34(32,33)30-24-12-8-20(9-13-24)17-25(31)14-10-21-5-4-16-29-19-21/h1-9,11-13,15-16,18-19,30H,10,14,17H2. The molecule has 1 N–H and O–H groups in total. The highest BCUT2D eigenvalue weighted by atomic mass is 32.2. The van der Waals surface area contributed by atoms with E-state index in [-0.39, 0.29) is 22.7 Å². The maximum Gasteiger partial charge on any atom is 0.262 e. The lowest BCUT2D eigenvalue weighted by atomic mass is 10.0. The van der Waals surface area contributed by atoms with Gasteiger partial charge in [0.15, 0.2) is 0 Å². The lowest BCUT2D eigenvalue weighted by Gasteiger charge is -2.13. The molecule has 4 rings (SSSR count). The van der Waals surface area contributed by atoms with E-state index in [1.165, 1.54) is 12.1 Å². The zero-order valence-corrected chi connectivity index (χ0v) is 19.1. The van der Waals surface area contributed by atoms with Gasteiger partial charge in [-0.2, -0.15) is 0 Å². The molecule has 0 fully saturated rings. The topological polar surface area (TPSA) is 76.1 Å². The van der Waals surface area contributed by atoms with E-state index in [1.54, 1.807) is 67.0 Å². The second-order valence-electron chi connectivity index (χ2n) is 7.89. The van der Waals surface area contributed by atoms with Crippen LogP contribution in [-0.2, 0) is 27.7 Å². The van der Waals surface area contributed by atoms with Gasteiger partial charge >= 0.3 is 0 Å². The molecule has 5 nitrogen and oxygen atoms in total. The Labute approximate surface area is 198 Å². The van der Waals surface area contributed by atoms with Gasteiger partial charge in [0.1, 0.15) is 11.6 Å². The molecule has 0 saturated carbocycles. The first-order valence-electron chi connectivity index (χ1n) is 10.8. The molecule has 0 aliphatic heterocycles. The van der Waals surface area contributed by atoms with Crippen molar-refractivity contribution in [2.45, 2.75) is 24.2 Å². The molecule has 0 saturated heterocycles. The Hall–Kier alpha value is -3.84. The van der Waals surface area contributed by atoms with Crippen LogP contribution in [0.5, 0.6) is 0 Å². The van der Waals surface area contributed by atoms with E-state index >= 15 is 0 Å². The van der Waals surface area contributed by atoms with Crippen molar-refractivity contribution in [3.05, 3.63) is 114 Å². The fraction of sp³-hybridized carbons (Fsp3) is 0.111. The Morgan fingerprint density at radius 1 is 0.882 bits per heavy atom. The maximum absolute atomic E-state index is 13.9. The highest BCUT2D eigenvalue weighted by molar-refractivity contribution is 7.92. The fourth-order valence-electron chi connectivity index (χ4n) is 3.63. The van der Waals surface area contributed by atoms with Gasteiger partial charge < -0.3 is 0 Å². The van der Waals surface area contributed by atoms with Crippen LogP contribution in [-0.4, -0.2) is 19.2 Å². The van der Waals surface area contributed by atoms with Crippen LogP contribution in [0.3, 0.4) is 0 Å². The third-order valence-corrected chi connectivity index (χ3v) is 6.78. The van der Waals surface area contributed by atoms with E-state index in [9.17, 15) is 17.6 Å². The summed E-state index contributed by atoms with van der Waals surface area (Å²) >= 11 is 0. The third kappa shape index (κ3) is 5.94. The number of carbonyl (C=O) groups is 1. The Kier molecular flexibility index (Phi) is 7.13. The Bertz CT molecular complexity index is 1370. The molecule has 0 bridgehead atoms. The zero-order valence-electron chi connectivity index (χ0n) is 18.3. The Morgan fingerprint density at radius 3 is 2.35 bits per heavy atom. The van der Waals surface area contributed by atoms with E-state index in [2.05, 4.69) is 9.71 Å². The summed E-state index contributed by atoms with van der Waals surface area (Å²) in [5.74, 6) is -0.425. The highest BCUT2D eigenvalue weighted by Crippen LogP contribution is 2.29. The number of sulfonamides is 1. The molecular weight excluding hydrogens is 451 g/mol. The predicted molar refractivity (Wildman–Crippen MR) is 130 cm³/mol. The van der Waals surface area contributed by atoms with Crippen LogP contribution in [0, 0.1) is 5.82 Å². The highest BCUT2D eigenvalue weighted by Gasteiger charge is 2.20. The minimum absolute atomic E-state index is 0.0187. The minimum atomic E-state index is -3.97. The van der Waals surface area contributed by atoms with Crippen LogP contribution in [0.25, 0.3) is 11.1 Å². The van der Waals surface area contributed by atoms with Gasteiger partial charge in [-0.05, 0) is 59.5 Å². The average molecular weight is 475 g/mol. The van der Waals surface area contributed by atoms with E-state index in [0.717, 1.165) is 17.2 Å². The number of Topliss-reactive ketones (excluding diaryl/α,β-unsaturated/α-hetero) is 1. The normalized spacial score (nSPS) is 11.2. The van der Waals surface area contributed by atoms with Crippen molar-refractivity contribution in [1.82, 2.24) is 4.98 Å². The van der Waals surface area contributed by atoms with Gasteiger partial charge in [0.25, 0.3) is 10.0 Å². The largest absolute Gasteiger partial charge is 0.299 e. The summed E-state index contributed by atoms with van der Waals surface area (Å²) in [4.78, 5) is 16.4. The zero-order chi connectivity index (χ0) is 24.0. The molecule has 0 aliphatic rings. The average Bonchev–Trinajstić information content (AvgIpc) is 2.85. The number of nitrogens with zero attached hydrogens (tertiary/aromatic N) is 1. The summed E-state index contributed by atoms with van der Waals surface area (Å²) in [6.45, 7) is 0. The second-order valence-corrected chi connectivity index (χ2v) is 9.54. The van der Waals surface area contributed by atoms with E-state index < -0.39 is 15.8 Å². The number of anilines is 1. The maximum atomic E-state index is 13.9. The number of benzene rings is 3. The number of aryl methyl sites for hydroxylation is 1. The molecular formula is C27H23FN2O3S. The van der Waals surface area contributed by atoms with Gasteiger partial charge in [-0.25, -0.2) is 12.8 Å². The SMILES string of the molecule is O=C(CCc1cccnc1)Cc1ccc(NS(=O)(=O)c2ccc(F)cc2-c2ccccc2)cc1. The molecule has 3 aromatic carbocycles. The summed E-state index contributed by atoms with van der Waals surface area (Å²) in [6.07, 6.45) is 4.75. The first kappa shape index (κ1) is 23.3. The van der Waals surface area contributed by atoms with Gasteiger partial charge in [0.05, 0.1) is 4.90 Å². The number of halogens is 1. The Balaban J connectivity index is 1.45. The lowest BCUT2D eigenvalue weighted by molar-refractivity contribution is -0.118. The molecule has 0 atom stereocenters. The van der Waals surface area contributed by atoms with Crippen LogP contribution in [0.15, 0.2) is 102 Å². The number of pyridine rings is 1. The first-order valence-corrected chi connectivity index (χ1v) is 12.3. The monoisotopic (exact) mass is 474 g/mol. The van der Waals surface area contributed by atoms with Gasteiger partial charge in [-0.1, -0.05) is 48.5 Å². The van der Waals surface area contributed by atoms with Crippen molar-refractivity contribution < 1.29 is 17.6 Å². The van der Waals surface area contributed by atoms with Crippen molar-refractivity contribution in [1.29, 1.82) is 0 Å². The van der Waals surface area contributed by atoms with Crippen LogP contribution in [0.4, 0.5) is 10.1 Å². The van der Waals surface area contributed by atoms with Gasteiger partial charge in [-0.15, -0.1) is 0 Å². The second kappa shape index (κ2) is 10.4.